The first-order valence-electron chi connectivity index (χ1n) is 5.75. The van der Waals surface area contributed by atoms with E-state index in [9.17, 15) is 0 Å². The molecule has 1 atom stereocenters. The van der Waals surface area contributed by atoms with E-state index in [0.29, 0.717) is 0 Å². The highest BCUT2D eigenvalue weighted by atomic mass is 32.1. The maximum absolute atomic E-state index is 5.85. The molecule has 1 aromatic carbocycles. The van der Waals surface area contributed by atoms with Gasteiger partial charge in [0.2, 0.25) is 0 Å². The van der Waals surface area contributed by atoms with Crippen molar-refractivity contribution in [2.24, 2.45) is 0 Å². The molecule has 0 aliphatic carbocycles. The van der Waals surface area contributed by atoms with Crippen LogP contribution in [0.4, 0.5) is 0 Å². The molecule has 0 fully saturated rings. The Bertz CT molecular complexity index is 459. The molecule has 1 aromatic heterocycles. The Balaban J connectivity index is 1.49. The molecule has 0 radical (unpaired) electrons. The number of fused-ring (bicyclic) bond motifs is 1. The van der Waals surface area contributed by atoms with E-state index in [1.807, 2.05) is 23.7 Å². The zero-order chi connectivity index (χ0) is 11.5. The summed E-state index contributed by atoms with van der Waals surface area (Å²) in [6.07, 6.45) is 3.09. The fourth-order valence-electron chi connectivity index (χ4n) is 2.05. The molecule has 2 heterocycles. The van der Waals surface area contributed by atoms with Crippen LogP contribution in [0.15, 0.2) is 35.8 Å². The molecule has 1 aliphatic rings. The number of nitrogens with one attached hydrogen (secondary N) is 1. The number of rotatable bonds is 4. The Hall–Kier alpha value is -1.39. The Kier molecular flexibility index (Phi) is 3.07. The van der Waals surface area contributed by atoms with Crippen LogP contribution in [0.2, 0.25) is 0 Å². The highest BCUT2D eigenvalue weighted by molar-refractivity contribution is 7.09. The van der Waals surface area contributed by atoms with Crippen LogP contribution in [0, 0.1) is 0 Å². The van der Waals surface area contributed by atoms with Gasteiger partial charge in [-0.25, -0.2) is 4.98 Å². The van der Waals surface area contributed by atoms with Crippen molar-refractivity contribution in [3.8, 4) is 5.75 Å². The van der Waals surface area contributed by atoms with Crippen molar-refractivity contribution >= 4 is 11.3 Å². The Morgan fingerprint density at radius 2 is 2.35 bits per heavy atom. The average Bonchev–Trinajstić information content (AvgIpc) is 2.96. The van der Waals surface area contributed by atoms with Gasteiger partial charge in [-0.05, 0) is 11.6 Å². The second-order valence-electron chi connectivity index (χ2n) is 4.11. The van der Waals surface area contributed by atoms with Gasteiger partial charge in [-0.2, -0.15) is 0 Å². The smallest absolute Gasteiger partial charge is 0.123 e. The van der Waals surface area contributed by atoms with Gasteiger partial charge in [0.25, 0.3) is 0 Å². The number of benzene rings is 1. The van der Waals surface area contributed by atoms with Crippen molar-refractivity contribution < 1.29 is 4.74 Å². The van der Waals surface area contributed by atoms with E-state index >= 15 is 0 Å². The number of hydrogen-bond donors (Lipinski definition) is 1. The molecule has 0 amide bonds. The SMILES string of the molecule is c1ccc2c(c1)CC(CNCc1nccs1)O2. The summed E-state index contributed by atoms with van der Waals surface area (Å²) in [5.74, 6) is 1.04. The maximum Gasteiger partial charge on any atom is 0.123 e. The molecule has 4 heteroatoms. The zero-order valence-corrected chi connectivity index (χ0v) is 10.2. The van der Waals surface area contributed by atoms with Crippen LogP contribution in [0.1, 0.15) is 10.6 Å². The molecule has 1 unspecified atom stereocenters. The standard InChI is InChI=1S/C13H14N2OS/c1-2-4-12-10(3-1)7-11(16-12)8-14-9-13-15-5-6-17-13/h1-6,11,14H,7-9H2. The second-order valence-corrected chi connectivity index (χ2v) is 5.09. The Morgan fingerprint density at radius 3 is 3.18 bits per heavy atom. The first-order valence-corrected chi connectivity index (χ1v) is 6.63. The van der Waals surface area contributed by atoms with E-state index in [1.165, 1.54) is 5.56 Å². The van der Waals surface area contributed by atoms with E-state index in [-0.39, 0.29) is 6.10 Å². The molecule has 1 aliphatic heterocycles. The van der Waals surface area contributed by atoms with E-state index < -0.39 is 0 Å². The number of aromatic nitrogens is 1. The summed E-state index contributed by atoms with van der Waals surface area (Å²) in [5, 5.41) is 6.51. The number of ether oxygens (including phenoxy) is 1. The molecule has 3 rings (SSSR count). The Morgan fingerprint density at radius 1 is 1.41 bits per heavy atom. The first-order chi connectivity index (χ1) is 8.42. The topological polar surface area (TPSA) is 34.2 Å². The van der Waals surface area contributed by atoms with Crippen molar-refractivity contribution in [2.75, 3.05) is 6.54 Å². The minimum Gasteiger partial charge on any atom is -0.488 e. The summed E-state index contributed by atoms with van der Waals surface area (Å²) in [4.78, 5) is 4.24. The minimum atomic E-state index is 0.257. The predicted molar refractivity (Wildman–Crippen MR) is 68.4 cm³/mol. The fraction of sp³-hybridized carbons (Fsp3) is 0.308. The summed E-state index contributed by atoms with van der Waals surface area (Å²) in [6, 6.07) is 8.25. The molecule has 3 nitrogen and oxygen atoms in total. The molecule has 0 saturated heterocycles. The van der Waals surface area contributed by atoms with Crippen molar-refractivity contribution in [1.82, 2.24) is 10.3 Å². The molecule has 1 N–H and O–H groups in total. The third-order valence-corrected chi connectivity index (χ3v) is 3.63. The monoisotopic (exact) mass is 246 g/mol. The van der Waals surface area contributed by atoms with E-state index in [0.717, 1.165) is 30.3 Å². The van der Waals surface area contributed by atoms with E-state index in [1.54, 1.807) is 11.3 Å². The lowest BCUT2D eigenvalue weighted by Gasteiger charge is -2.10. The molecule has 88 valence electrons. The molecule has 0 spiro atoms. The van der Waals surface area contributed by atoms with Crippen molar-refractivity contribution in [2.45, 2.75) is 19.1 Å². The fourth-order valence-corrected chi connectivity index (χ4v) is 2.63. The van der Waals surface area contributed by atoms with Crippen molar-refractivity contribution in [1.29, 1.82) is 0 Å². The number of hydrogen-bond acceptors (Lipinski definition) is 4. The summed E-state index contributed by atoms with van der Waals surface area (Å²) < 4.78 is 5.85. The van der Waals surface area contributed by atoms with Gasteiger partial charge in [0.1, 0.15) is 16.9 Å². The third kappa shape index (κ3) is 2.48. The van der Waals surface area contributed by atoms with E-state index in [2.05, 4.69) is 22.4 Å². The van der Waals surface area contributed by atoms with E-state index in [4.69, 9.17) is 4.74 Å². The van der Waals surface area contributed by atoms with Gasteiger partial charge in [0, 0.05) is 31.1 Å². The lowest BCUT2D eigenvalue weighted by Crippen LogP contribution is -2.29. The van der Waals surface area contributed by atoms with Crippen molar-refractivity contribution in [3.63, 3.8) is 0 Å². The predicted octanol–water partition coefficient (Wildman–Crippen LogP) is 2.24. The largest absolute Gasteiger partial charge is 0.488 e. The summed E-state index contributed by atoms with van der Waals surface area (Å²) in [7, 11) is 0. The summed E-state index contributed by atoms with van der Waals surface area (Å²) >= 11 is 1.68. The van der Waals surface area contributed by atoms with Crippen LogP contribution in [0.3, 0.4) is 0 Å². The van der Waals surface area contributed by atoms with Crippen LogP contribution < -0.4 is 10.1 Å². The maximum atomic E-state index is 5.85. The van der Waals surface area contributed by atoms with Crippen LogP contribution in [-0.4, -0.2) is 17.6 Å². The van der Waals surface area contributed by atoms with Gasteiger partial charge in [-0.15, -0.1) is 11.3 Å². The van der Waals surface area contributed by atoms with Gasteiger partial charge in [-0.3, -0.25) is 0 Å². The Labute approximate surface area is 104 Å². The number of nitrogens with zero attached hydrogens (tertiary/aromatic N) is 1. The summed E-state index contributed by atoms with van der Waals surface area (Å²) in [5.41, 5.74) is 1.31. The summed E-state index contributed by atoms with van der Waals surface area (Å²) in [6.45, 7) is 1.70. The zero-order valence-electron chi connectivity index (χ0n) is 9.43. The van der Waals surface area contributed by atoms with Crippen LogP contribution >= 0.6 is 11.3 Å². The molecule has 0 saturated carbocycles. The first kappa shape index (κ1) is 10.7. The molecule has 2 aromatic rings. The van der Waals surface area contributed by atoms with Crippen LogP contribution in [0.5, 0.6) is 5.75 Å². The third-order valence-electron chi connectivity index (χ3n) is 2.85. The quantitative estimate of drug-likeness (QED) is 0.898. The molecular formula is C13H14N2OS. The number of thiazole rings is 1. The lowest BCUT2D eigenvalue weighted by molar-refractivity contribution is 0.227. The highest BCUT2D eigenvalue weighted by Crippen LogP contribution is 2.27. The van der Waals surface area contributed by atoms with Gasteiger partial charge in [-0.1, -0.05) is 18.2 Å². The van der Waals surface area contributed by atoms with Crippen LogP contribution in [-0.2, 0) is 13.0 Å². The normalized spacial score (nSPS) is 17.8. The van der Waals surface area contributed by atoms with Gasteiger partial charge < -0.3 is 10.1 Å². The van der Waals surface area contributed by atoms with Gasteiger partial charge in [0.05, 0.1) is 0 Å². The minimum absolute atomic E-state index is 0.257. The van der Waals surface area contributed by atoms with Crippen LogP contribution in [0.25, 0.3) is 0 Å². The molecular weight excluding hydrogens is 232 g/mol. The highest BCUT2D eigenvalue weighted by Gasteiger charge is 2.21. The second kappa shape index (κ2) is 4.85. The van der Waals surface area contributed by atoms with Crippen molar-refractivity contribution in [3.05, 3.63) is 46.4 Å². The lowest BCUT2D eigenvalue weighted by atomic mass is 10.1. The van der Waals surface area contributed by atoms with Gasteiger partial charge in [0.15, 0.2) is 0 Å². The average molecular weight is 246 g/mol. The molecule has 17 heavy (non-hydrogen) atoms. The number of para-hydroxylation sites is 1. The van der Waals surface area contributed by atoms with Gasteiger partial charge >= 0.3 is 0 Å². The molecule has 0 bridgehead atoms.